The molecule has 0 heterocycles. The van der Waals surface area contributed by atoms with Crippen LogP contribution in [-0.4, -0.2) is 35.3 Å². The topological polar surface area (TPSA) is 120 Å². The van der Waals surface area contributed by atoms with Crippen molar-refractivity contribution in [3.63, 3.8) is 0 Å². The monoisotopic (exact) mass is 474 g/mol. The molecule has 0 saturated heterocycles. The van der Waals surface area contributed by atoms with Gasteiger partial charge in [0.25, 0.3) is 0 Å². The Morgan fingerprint density at radius 1 is 0.471 bits per heavy atom. The van der Waals surface area contributed by atoms with E-state index >= 15 is 0 Å². The van der Waals surface area contributed by atoms with Crippen molar-refractivity contribution < 1.29 is 29.7 Å². The van der Waals surface area contributed by atoms with Gasteiger partial charge in [-0.25, -0.2) is 0 Å². The summed E-state index contributed by atoms with van der Waals surface area (Å²) in [5.41, 5.74) is 6.27. The normalized spacial score (nSPS) is 9.35. The quantitative estimate of drug-likeness (QED) is 0.532. The minimum absolute atomic E-state index is 0. The molecule has 174 valence electrons. The number of aromatic carboxylic acids is 3. The summed E-state index contributed by atoms with van der Waals surface area (Å²) < 4.78 is 0. The fourth-order valence-corrected chi connectivity index (χ4v) is 3.13. The predicted molar refractivity (Wildman–Crippen MR) is 126 cm³/mol. The molecule has 34 heavy (non-hydrogen) atoms. The second-order valence-corrected chi connectivity index (χ2v) is 7.82. The summed E-state index contributed by atoms with van der Waals surface area (Å²) in [7, 11) is 0. The smallest absolute Gasteiger partial charge is 0.545 e. The Balaban J connectivity index is 0.000000473. The number of rotatable bonds is 3. The van der Waals surface area contributed by atoms with E-state index in [-0.39, 0.29) is 34.1 Å². The number of benzene rings is 3. The Bertz CT molecular complexity index is 1020. The maximum atomic E-state index is 10.4. The van der Waals surface area contributed by atoms with Gasteiger partial charge in [0.05, 0.1) is 17.9 Å². The van der Waals surface area contributed by atoms with Gasteiger partial charge < -0.3 is 29.7 Å². The van der Waals surface area contributed by atoms with Crippen molar-refractivity contribution in [3.05, 3.63) is 105 Å². The minimum atomic E-state index is -1.11. The van der Waals surface area contributed by atoms with Gasteiger partial charge in [-0.2, -0.15) is 0 Å². The van der Waals surface area contributed by atoms with Gasteiger partial charge >= 0.3 is 17.4 Å². The van der Waals surface area contributed by atoms with Crippen LogP contribution in [0.1, 0.15) is 64.5 Å². The SMILES string of the molecule is Cc1ccc(C(=O)[O-])c(C)c1.Cc1ccc(C(=O)[O-])c(C)c1.Cc1ccc(C(=O)[O-])c(C)c1.[Al+3]. The molecule has 0 bridgehead atoms. The molecule has 7 heteroatoms. The van der Waals surface area contributed by atoms with Gasteiger partial charge in [-0.1, -0.05) is 71.3 Å². The molecule has 0 fully saturated rings. The van der Waals surface area contributed by atoms with E-state index in [4.69, 9.17) is 0 Å². The summed E-state index contributed by atoms with van der Waals surface area (Å²) in [5.74, 6) is -3.33. The van der Waals surface area contributed by atoms with Crippen molar-refractivity contribution in [2.75, 3.05) is 0 Å². The third-order valence-electron chi connectivity index (χ3n) is 4.81. The first kappa shape index (κ1) is 30.6. The van der Waals surface area contributed by atoms with E-state index < -0.39 is 17.9 Å². The second-order valence-electron chi connectivity index (χ2n) is 7.82. The van der Waals surface area contributed by atoms with Crippen LogP contribution in [0, 0.1) is 41.5 Å². The fourth-order valence-electron chi connectivity index (χ4n) is 3.13. The molecule has 0 unspecified atom stereocenters. The first-order valence-corrected chi connectivity index (χ1v) is 10.2. The number of hydrogen-bond acceptors (Lipinski definition) is 6. The van der Waals surface area contributed by atoms with Crippen LogP contribution in [0.2, 0.25) is 0 Å². The number of carbonyl (C=O) groups excluding carboxylic acids is 3. The third kappa shape index (κ3) is 9.62. The van der Waals surface area contributed by atoms with Gasteiger partial charge in [-0.3, -0.25) is 0 Å². The molecule has 0 aliphatic heterocycles. The van der Waals surface area contributed by atoms with E-state index in [2.05, 4.69) is 0 Å². The fraction of sp³-hybridized carbons (Fsp3) is 0.222. The summed E-state index contributed by atoms with van der Waals surface area (Å²) in [6, 6.07) is 15.5. The molecule has 0 amide bonds. The summed E-state index contributed by atoms with van der Waals surface area (Å²) in [5, 5.41) is 31.3. The van der Waals surface area contributed by atoms with Gasteiger partial charge in [-0.05, 0) is 58.2 Å². The zero-order valence-electron chi connectivity index (χ0n) is 20.2. The molecule has 3 aromatic rings. The molecule has 0 radical (unpaired) electrons. The standard InChI is InChI=1S/3C9H10O2.Al/c3*1-6-3-4-8(9(10)11)7(2)5-6;/h3*3-5H,1-2H3,(H,10,11);/q;;;+3/p-3. The van der Waals surface area contributed by atoms with Gasteiger partial charge in [0.2, 0.25) is 0 Å². The molecule has 0 saturated carbocycles. The van der Waals surface area contributed by atoms with Crippen molar-refractivity contribution in [1.29, 1.82) is 0 Å². The van der Waals surface area contributed by atoms with Crippen LogP contribution >= 0.6 is 0 Å². The van der Waals surface area contributed by atoms with Crippen LogP contribution in [-0.2, 0) is 0 Å². The molecule has 3 rings (SSSR count). The Labute approximate surface area is 211 Å². The number of carboxylic acids is 3. The van der Waals surface area contributed by atoms with E-state index in [1.165, 1.54) is 0 Å². The molecule has 0 aromatic heterocycles. The predicted octanol–water partition coefficient (Wildman–Crippen LogP) is 1.62. The van der Waals surface area contributed by atoms with Gasteiger partial charge in [0, 0.05) is 16.7 Å². The Morgan fingerprint density at radius 3 is 0.824 bits per heavy atom. The minimum Gasteiger partial charge on any atom is -0.545 e. The maximum Gasteiger partial charge on any atom is 3.00 e. The number of carbonyl (C=O) groups is 3. The van der Waals surface area contributed by atoms with Crippen molar-refractivity contribution in [3.8, 4) is 0 Å². The first-order valence-electron chi connectivity index (χ1n) is 10.2. The van der Waals surface area contributed by atoms with Crippen molar-refractivity contribution in [2.45, 2.75) is 41.5 Å². The van der Waals surface area contributed by atoms with Crippen molar-refractivity contribution in [2.24, 2.45) is 0 Å². The molecule has 3 aromatic carbocycles. The van der Waals surface area contributed by atoms with E-state index in [1.54, 1.807) is 57.2 Å². The zero-order valence-corrected chi connectivity index (χ0v) is 21.4. The Morgan fingerprint density at radius 2 is 0.676 bits per heavy atom. The molecule has 0 spiro atoms. The van der Waals surface area contributed by atoms with Crippen LogP contribution in [0.25, 0.3) is 0 Å². The van der Waals surface area contributed by atoms with Crippen LogP contribution in [0.4, 0.5) is 0 Å². The van der Waals surface area contributed by atoms with Crippen molar-refractivity contribution >= 4 is 35.3 Å². The van der Waals surface area contributed by atoms with E-state index in [0.717, 1.165) is 33.4 Å². The summed E-state index contributed by atoms with van der Waals surface area (Å²) in [6.45, 7) is 11.1. The first-order chi connectivity index (χ1) is 15.3. The molecule has 0 aliphatic carbocycles. The van der Waals surface area contributed by atoms with Gasteiger partial charge in [0.15, 0.2) is 0 Å². The van der Waals surface area contributed by atoms with Crippen LogP contribution in [0.15, 0.2) is 54.6 Å². The zero-order chi connectivity index (χ0) is 25.3. The van der Waals surface area contributed by atoms with Crippen LogP contribution in [0.5, 0.6) is 0 Å². The molecular weight excluding hydrogens is 447 g/mol. The third-order valence-corrected chi connectivity index (χ3v) is 4.81. The Kier molecular flexibility index (Phi) is 12.6. The average Bonchev–Trinajstić information content (AvgIpc) is 2.68. The van der Waals surface area contributed by atoms with E-state index in [9.17, 15) is 29.7 Å². The Hall–Kier alpha value is -3.40. The van der Waals surface area contributed by atoms with E-state index in [1.807, 2.05) is 39.0 Å². The average molecular weight is 474 g/mol. The largest absolute Gasteiger partial charge is 3.00 e. The number of carboxylic acid groups (broad SMARTS) is 3. The molecule has 0 N–H and O–H groups in total. The van der Waals surface area contributed by atoms with Crippen LogP contribution < -0.4 is 15.3 Å². The number of hydrogen-bond donors (Lipinski definition) is 0. The molecular formula is C27H27AlO6. The van der Waals surface area contributed by atoms with Gasteiger partial charge in [-0.15, -0.1) is 0 Å². The summed E-state index contributed by atoms with van der Waals surface area (Å²) >= 11 is 0. The molecule has 6 nitrogen and oxygen atoms in total. The van der Waals surface area contributed by atoms with Crippen molar-refractivity contribution in [1.82, 2.24) is 0 Å². The van der Waals surface area contributed by atoms with E-state index in [0.29, 0.717) is 0 Å². The summed E-state index contributed by atoms with van der Waals surface area (Å²) in [6.07, 6.45) is 0. The van der Waals surface area contributed by atoms with Crippen LogP contribution in [0.3, 0.4) is 0 Å². The second kappa shape index (κ2) is 14.0. The molecule has 0 aliphatic rings. The van der Waals surface area contributed by atoms with Gasteiger partial charge in [0.1, 0.15) is 0 Å². The number of aryl methyl sites for hydroxylation is 6. The summed E-state index contributed by atoms with van der Waals surface area (Å²) in [4.78, 5) is 31.3. The maximum absolute atomic E-state index is 10.4. The molecule has 0 atom stereocenters.